The number of rotatable bonds is 3. The van der Waals surface area contributed by atoms with Gasteiger partial charge in [0, 0.05) is 25.2 Å². The molecule has 0 saturated carbocycles. The van der Waals surface area contributed by atoms with E-state index < -0.39 is 5.82 Å². The lowest BCUT2D eigenvalue weighted by atomic mass is 10.1. The first-order valence-corrected chi connectivity index (χ1v) is 6.78. The molecule has 0 radical (unpaired) electrons. The monoisotopic (exact) mass is 285 g/mol. The lowest BCUT2D eigenvalue weighted by Gasteiger charge is -2.27. The van der Waals surface area contributed by atoms with Crippen molar-refractivity contribution in [3.63, 3.8) is 0 Å². The summed E-state index contributed by atoms with van der Waals surface area (Å²) in [7, 11) is 1.65. The highest BCUT2D eigenvalue weighted by Crippen LogP contribution is 2.18. The van der Waals surface area contributed by atoms with E-state index in [1.54, 1.807) is 7.05 Å². The SMILES string of the molecule is CN(CC1CCCCO1)C(=O)c1cc(Cl)ccc1F. The van der Waals surface area contributed by atoms with Crippen molar-refractivity contribution >= 4 is 17.5 Å². The molecule has 19 heavy (non-hydrogen) atoms. The molecule has 5 heteroatoms. The van der Waals surface area contributed by atoms with Gasteiger partial charge in [0.05, 0.1) is 11.7 Å². The Hall–Kier alpha value is -1.13. The molecule has 1 aromatic carbocycles. The molecule has 1 aliphatic heterocycles. The van der Waals surface area contributed by atoms with Gasteiger partial charge in [0.2, 0.25) is 0 Å². The minimum absolute atomic E-state index is 0.00538. The fourth-order valence-corrected chi connectivity index (χ4v) is 2.38. The van der Waals surface area contributed by atoms with Gasteiger partial charge < -0.3 is 9.64 Å². The van der Waals surface area contributed by atoms with Gasteiger partial charge in [-0.2, -0.15) is 0 Å². The molecular weight excluding hydrogens is 269 g/mol. The van der Waals surface area contributed by atoms with Crippen molar-refractivity contribution in [1.29, 1.82) is 0 Å². The van der Waals surface area contributed by atoms with E-state index in [4.69, 9.17) is 16.3 Å². The molecule has 0 spiro atoms. The molecule has 1 saturated heterocycles. The molecule has 1 amide bonds. The van der Waals surface area contributed by atoms with Gasteiger partial charge >= 0.3 is 0 Å². The summed E-state index contributed by atoms with van der Waals surface area (Å²) in [6.07, 6.45) is 3.16. The van der Waals surface area contributed by atoms with Crippen molar-refractivity contribution in [3.05, 3.63) is 34.6 Å². The summed E-state index contributed by atoms with van der Waals surface area (Å²) in [6.45, 7) is 1.21. The molecule has 104 valence electrons. The van der Waals surface area contributed by atoms with Gasteiger partial charge in [0.25, 0.3) is 5.91 Å². The average Bonchev–Trinajstić information content (AvgIpc) is 2.42. The molecule has 1 atom stereocenters. The highest BCUT2D eigenvalue weighted by molar-refractivity contribution is 6.30. The number of benzene rings is 1. The van der Waals surface area contributed by atoms with Gasteiger partial charge in [-0.15, -0.1) is 0 Å². The van der Waals surface area contributed by atoms with Crippen molar-refractivity contribution in [3.8, 4) is 0 Å². The number of likely N-dealkylation sites (N-methyl/N-ethyl adjacent to an activating group) is 1. The third kappa shape index (κ3) is 3.67. The summed E-state index contributed by atoms with van der Waals surface area (Å²) >= 11 is 5.80. The molecule has 0 N–H and O–H groups in total. The maximum Gasteiger partial charge on any atom is 0.256 e. The number of hydrogen-bond acceptors (Lipinski definition) is 2. The molecule has 0 bridgehead atoms. The Balaban J connectivity index is 2.03. The van der Waals surface area contributed by atoms with E-state index in [2.05, 4.69) is 0 Å². The quantitative estimate of drug-likeness (QED) is 0.854. The zero-order chi connectivity index (χ0) is 13.8. The number of halogens is 2. The highest BCUT2D eigenvalue weighted by Gasteiger charge is 2.21. The van der Waals surface area contributed by atoms with Crippen molar-refractivity contribution in [2.45, 2.75) is 25.4 Å². The van der Waals surface area contributed by atoms with Crippen LogP contribution in [0.25, 0.3) is 0 Å². The molecule has 0 aromatic heterocycles. The van der Waals surface area contributed by atoms with Crippen LogP contribution in [0.15, 0.2) is 18.2 Å². The van der Waals surface area contributed by atoms with Crippen molar-refractivity contribution in [2.24, 2.45) is 0 Å². The Morgan fingerprint density at radius 2 is 2.32 bits per heavy atom. The van der Waals surface area contributed by atoms with Gasteiger partial charge in [0.1, 0.15) is 5.82 Å². The van der Waals surface area contributed by atoms with Crippen molar-refractivity contribution in [2.75, 3.05) is 20.2 Å². The van der Waals surface area contributed by atoms with E-state index in [0.717, 1.165) is 25.9 Å². The van der Waals surface area contributed by atoms with Gasteiger partial charge in [-0.05, 0) is 37.5 Å². The number of hydrogen-bond donors (Lipinski definition) is 0. The molecule has 1 aromatic rings. The molecule has 1 aliphatic rings. The Morgan fingerprint density at radius 3 is 3.00 bits per heavy atom. The predicted molar refractivity (Wildman–Crippen MR) is 72.0 cm³/mol. The second-order valence-corrected chi connectivity index (χ2v) is 5.23. The summed E-state index contributed by atoms with van der Waals surface area (Å²) in [5.74, 6) is -0.917. The second-order valence-electron chi connectivity index (χ2n) is 4.80. The first kappa shape index (κ1) is 14.3. The normalized spacial score (nSPS) is 19.2. The second kappa shape index (κ2) is 6.35. The molecule has 0 aliphatic carbocycles. The van der Waals surface area contributed by atoms with Crippen LogP contribution in [0.1, 0.15) is 29.6 Å². The molecule has 3 nitrogen and oxygen atoms in total. The molecule has 1 unspecified atom stereocenters. The van der Waals surface area contributed by atoms with Crippen LogP contribution in [-0.2, 0) is 4.74 Å². The van der Waals surface area contributed by atoms with Gasteiger partial charge in [-0.25, -0.2) is 4.39 Å². The summed E-state index contributed by atoms with van der Waals surface area (Å²) < 4.78 is 19.2. The molecule has 2 rings (SSSR count). The van der Waals surface area contributed by atoms with Crippen LogP contribution in [0.3, 0.4) is 0 Å². The largest absolute Gasteiger partial charge is 0.376 e. The van der Waals surface area contributed by atoms with Crippen LogP contribution in [-0.4, -0.2) is 37.1 Å². The van der Waals surface area contributed by atoms with Crippen LogP contribution < -0.4 is 0 Å². The Morgan fingerprint density at radius 1 is 1.53 bits per heavy atom. The average molecular weight is 286 g/mol. The molecular formula is C14H17ClFNO2. The Bertz CT molecular complexity index is 461. The van der Waals surface area contributed by atoms with E-state index in [9.17, 15) is 9.18 Å². The van der Waals surface area contributed by atoms with E-state index in [1.807, 2.05) is 0 Å². The van der Waals surface area contributed by atoms with E-state index in [0.29, 0.717) is 11.6 Å². The van der Waals surface area contributed by atoms with Crippen LogP contribution in [0.4, 0.5) is 4.39 Å². The number of nitrogens with zero attached hydrogens (tertiary/aromatic N) is 1. The zero-order valence-electron chi connectivity index (χ0n) is 10.9. The Labute approximate surface area is 117 Å². The summed E-state index contributed by atoms with van der Waals surface area (Å²) in [4.78, 5) is 13.7. The van der Waals surface area contributed by atoms with E-state index >= 15 is 0 Å². The number of carbonyl (C=O) groups is 1. The first-order valence-electron chi connectivity index (χ1n) is 6.40. The maximum absolute atomic E-state index is 13.6. The van der Waals surface area contributed by atoms with Crippen LogP contribution in [0.2, 0.25) is 5.02 Å². The summed E-state index contributed by atoms with van der Waals surface area (Å²) in [5, 5.41) is 0.354. The fraction of sp³-hybridized carbons (Fsp3) is 0.500. The van der Waals surface area contributed by atoms with E-state index in [1.165, 1.54) is 23.1 Å². The minimum atomic E-state index is -0.550. The summed E-state index contributed by atoms with van der Waals surface area (Å²) in [6, 6.07) is 4.00. The predicted octanol–water partition coefficient (Wildman–Crippen LogP) is 3.12. The van der Waals surface area contributed by atoms with Crippen LogP contribution >= 0.6 is 11.6 Å². The summed E-state index contributed by atoms with van der Waals surface area (Å²) in [5.41, 5.74) is 0.00538. The zero-order valence-corrected chi connectivity index (χ0v) is 11.6. The lowest BCUT2D eigenvalue weighted by Crippen LogP contribution is -2.37. The van der Waals surface area contributed by atoms with Gasteiger partial charge in [-0.3, -0.25) is 4.79 Å². The van der Waals surface area contributed by atoms with Gasteiger partial charge in [0.15, 0.2) is 0 Å². The smallest absolute Gasteiger partial charge is 0.256 e. The first-order chi connectivity index (χ1) is 9.08. The topological polar surface area (TPSA) is 29.5 Å². The van der Waals surface area contributed by atoms with E-state index in [-0.39, 0.29) is 17.6 Å². The Kier molecular flexibility index (Phi) is 4.77. The third-order valence-corrected chi connectivity index (χ3v) is 3.49. The number of carbonyl (C=O) groups excluding carboxylic acids is 1. The van der Waals surface area contributed by atoms with Crippen molar-refractivity contribution in [1.82, 2.24) is 4.90 Å². The van der Waals surface area contributed by atoms with Gasteiger partial charge in [-0.1, -0.05) is 11.6 Å². The molecule has 1 fully saturated rings. The van der Waals surface area contributed by atoms with Crippen molar-refractivity contribution < 1.29 is 13.9 Å². The standard InChI is InChI=1S/C14H17ClFNO2/c1-17(9-11-4-2-3-7-19-11)14(18)12-8-10(15)5-6-13(12)16/h5-6,8,11H,2-4,7,9H2,1H3. The van der Waals surface area contributed by atoms with Crippen LogP contribution in [0, 0.1) is 5.82 Å². The molecule has 1 heterocycles. The number of amides is 1. The minimum Gasteiger partial charge on any atom is -0.376 e. The third-order valence-electron chi connectivity index (χ3n) is 3.26. The van der Waals surface area contributed by atoms with Crippen LogP contribution in [0.5, 0.6) is 0 Å². The maximum atomic E-state index is 13.6. The highest BCUT2D eigenvalue weighted by atomic mass is 35.5. The lowest BCUT2D eigenvalue weighted by molar-refractivity contribution is -0.000270. The number of ether oxygens (including phenoxy) is 1. The fourth-order valence-electron chi connectivity index (χ4n) is 2.21.